The molecule has 5 heteroatoms. The standard InChI is InChI=1S/C28H26N2O3/c1-18(2)19-12-14-21(15-13-19)30-27(31)25(22-9-5-7-11-24(22)33-3)26(28(30)32)29-17-16-20-8-4-6-10-23(20)29/h4-15,18H,16-17H2,1-3H3. The van der Waals surface area contributed by atoms with Crippen molar-refractivity contribution >= 4 is 28.8 Å². The molecule has 2 heterocycles. The van der Waals surface area contributed by atoms with Gasteiger partial charge in [0.25, 0.3) is 11.8 Å². The van der Waals surface area contributed by atoms with Gasteiger partial charge in [0.15, 0.2) is 0 Å². The van der Waals surface area contributed by atoms with Crippen LogP contribution in [0.2, 0.25) is 0 Å². The number of imide groups is 1. The molecule has 0 radical (unpaired) electrons. The zero-order valence-electron chi connectivity index (χ0n) is 19.0. The van der Waals surface area contributed by atoms with E-state index >= 15 is 0 Å². The third-order valence-electron chi connectivity index (χ3n) is 6.41. The smallest absolute Gasteiger partial charge is 0.282 e. The molecule has 0 bridgehead atoms. The van der Waals surface area contributed by atoms with Crippen molar-refractivity contribution in [2.75, 3.05) is 23.5 Å². The molecule has 166 valence electrons. The summed E-state index contributed by atoms with van der Waals surface area (Å²) in [5.74, 6) is 0.287. The number of para-hydroxylation sites is 2. The van der Waals surface area contributed by atoms with Gasteiger partial charge >= 0.3 is 0 Å². The molecule has 3 aromatic rings. The molecular formula is C28H26N2O3. The Morgan fingerprint density at radius 3 is 2.27 bits per heavy atom. The molecule has 0 spiro atoms. The SMILES string of the molecule is COc1ccccc1C1=C(N2CCc3ccccc32)C(=O)N(c2ccc(C(C)C)cc2)C1=O. The van der Waals surface area contributed by atoms with Crippen molar-refractivity contribution in [1.29, 1.82) is 0 Å². The molecule has 5 rings (SSSR count). The van der Waals surface area contributed by atoms with E-state index in [-0.39, 0.29) is 11.8 Å². The zero-order chi connectivity index (χ0) is 23.1. The van der Waals surface area contributed by atoms with Gasteiger partial charge in [-0.3, -0.25) is 9.59 Å². The minimum atomic E-state index is -0.332. The van der Waals surface area contributed by atoms with E-state index in [2.05, 4.69) is 19.9 Å². The number of benzene rings is 3. The van der Waals surface area contributed by atoms with E-state index in [1.165, 1.54) is 10.5 Å². The van der Waals surface area contributed by atoms with Gasteiger partial charge in [-0.15, -0.1) is 0 Å². The average Bonchev–Trinajstić information content (AvgIpc) is 3.36. The summed E-state index contributed by atoms with van der Waals surface area (Å²) in [7, 11) is 1.58. The van der Waals surface area contributed by atoms with Gasteiger partial charge in [0.2, 0.25) is 0 Å². The monoisotopic (exact) mass is 438 g/mol. The zero-order valence-corrected chi connectivity index (χ0v) is 19.0. The van der Waals surface area contributed by atoms with Crippen molar-refractivity contribution in [3.05, 3.63) is 95.2 Å². The van der Waals surface area contributed by atoms with E-state index in [4.69, 9.17) is 4.74 Å². The second kappa shape index (κ2) is 8.24. The second-order valence-electron chi connectivity index (χ2n) is 8.65. The highest BCUT2D eigenvalue weighted by Gasteiger charge is 2.44. The minimum absolute atomic E-state index is 0.310. The first-order valence-corrected chi connectivity index (χ1v) is 11.2. The Bertz CT molecular complexity index is 1270. The summed E-state index contributed by atoms with van der Waals surface area (Å²) in [4.78, 5) is 31.0. The van der Waals surface area contributed by atoms with Gasteiger partial charge in [0.1, 0.15) is 11.4 Å². The first-order valence-electron chi connectivity index (χ1n) is 11.2. The Morgan fingerprint density at radius 2 is 1.55 bits per heavy atom. The number of hydrogen-bond acceptors (Lipinski definition) is 4. The van der Waals surface area contributed by atoms with Gasteiger partial charge in [-0.2, -0.15) is 0 Å². The fourth-order valence-corrected chi connectivity index (χ4v) is 4.68. The van der Waals surface area contributed by atoms with Crippen LogP contribution in [0.5, 0.6) is 5.75 Å². The lowest BCUT2D eigenvalue weighted by molar-refractivity contribution is -0.120. The van der Waals surface area contributed by atoms with E-state index < -0.39 is 0 Å². The number of hydrogen-bond donors (Lipinski definition) is 0. The molecule has 2 amide bonds. The van der Waals surface area contributed by atoms with Crippen LogP contribution in [0.3, 0.4) is 0 Å². The van der Waals surface area contributed by atoms with Crippen molar-refractivity contribution < 1.29 is 14.3 Å². The molecule has 0 aromatic heterocycles. The molecule has 0 aliphatic carbocycles. The van der Waals surface area contributed by atoms with Gasteiger partial charge in [0.05, 0.1) is 18.4 Å². The Balaban J connectivity index is 1.67. The van der Waals surface area contributed by atoms with Crippen LogP contribution in [0.4, 0.5) is 11.4 Å². The summed E-state index contributed by atoms with van der Waals surface area (Å²) in [5, 5.41) is 0. The number of ether oxygens (including phenoxy) is 1. The van der Waals surface area contributed by atoms with Gasteiger partial charge in [-0.05, 0) is 47.7 Å². The van der Waals surface area contributed by atoms with E-state index in [0.717, 1.165) is 17.7 Å². The lowest BCUT2D eigenvalue weighted by Crippen LogP contribution is -2.34. The minimum Gasteiger partial charge on any atom is -0.496 e. The van der Waals surface area contributed by atoms with Crippen molar-refractivity contribution in [1.82, 2.24) is 0 Å². The maximum Gasteiger partial charge on any atom is 0.282 e. The number of carbonyl (C=O) groups is 2. The molecule has 33 heavy (non-hydrogen) atoms. The van der Waals surface area contributed by atoms with Crippen molar-refractivity contribution in [2.24, 2.45) is 0 Å². The fraction of sp³-hybridized carbons (Fsp3) is 0.214. The van der Waals surface area contributed by atoms with Crippen LogP contribution >= 0.6 is 0 Å². The van der Waals surface area contributed by atoms with Crippen LogP contribution in [0.25, 0.3) is 5.57 Å². The summed E-state index contributed by atoms with van der Waals surface area (Å²) in [5.41, 5.74) is 5.28. The summed E-state index contributed by atoms with van der Waals surface area (Å²) >= 11 is 0. The van der Waals surface area contributed by atoms with Crippen molar-refractivity contribution in [3.8, 4) is 5.75 Å². The van der Waals surface area contributed by atoms with Crippen LogP contribution in [0, 0.1) is 0 Å². The topological polar surface area (TPSA) is 49.9 Å². The summed E-state index contributed by atoms with van der Waals surface area (Å²) in [6.45, 7) is 4.88. The van der Waals surface area contributed by atoms with Crippen molar-refractivity contribution in [2.45, 2.75) is 26.2 Å². The van der Waals surface area contributed by atoms with Gasteiger partial charge in [-0.1, -0.05) is 62.4 Å². The average molecular weight is 439 g/mol. The first kappa shape index (κ1) is 21.0. The van der Waals surface area contributed by atoms with E-state index in [1.807, 2.05) is 71.6 Å². The summed E-state index contributed by atoms with van der Waals surface area (Å²) in [6, 6.07) is 23.1. The number of amides is 2. The highest BCUT2D eigenvalue weighted by Crippen LogP contribution is 2.42. The highest BCUT2D eigenvalue weighted by atomic mass is 16.5. The maximum absolute atomic E-state index is 13.9. The summed E-state index contributed by atoms with van der Waals surface area (Å²) in [6.07, 6.45) is 0.823. The third kappa shape index (κ3) is 3.41. The highest BCUT2D eigenvalue weighted by molar-refractivity contribution is 6.46. The molecule has 0 unspecified atom stereocenters. The molecule has 0 N–H and O–H groups in total. The Hall–Kier alpha value is -3.86. The molecule has 3 aromatic carbocycles. The molecule has 2 aliphatic rings. The van der Waals surface area contributed by atoms with Gasteiger partial charge in [0, 0.05) is 17.8 Å². The normalized spacial score (nSPS) is 15.6. The predicted molar refractivity (Wildman–Crippen MR) is 130 cm³/mol. The fourth-order valence-electron chi connectivity index (χ4n) is 4.68. The number of methoxy groups -OCH3 is 1. The van der Waals surface area contributed by atoms with Crippen LogP contribution < -0.4 is 14.5 Å². The van der Waals surface area contributed by atoms with E-state index in [1.54, 1.807) is 7.11 Å². The Labute approximate surface area is 193 Å². The summed E-state index contributed by atoms with van der Waals surface area (Å²) < 4.78 is 5.57. The largest absolute Gasteiger partial charge is 0.496 e. The van der Waals surface area contributed by atoms with Crippen LogP contribution in [0.15, 0.2) is 78.5 Å². The lowest BCUT2D eigenvalue weighted by Gasteiger charge is -2.22. The van der Waals surface area contributed by atoms with Crippen LogP contribution in [-0.4, -0.2) is 25.5 Å². The Morgan fingerprint density at radius 1 is 0.848 bits per heavy atom. The van der Waals surface area contributed by atoms with E-state index in [9.17, 15) is 9.59 Å². The maximum atomic E-state index is 13.9. The number of fused-ring (bicyclic) bond motifs is 1. The first-order chi connectivity index (χ1) is 16.0. The lowest BCUT2D eigenvalue weighted by atomic mass is 10.0. The molecule has 2 aliphatic heterocycles. The molecule has 0 fully saturated rings. The number of carbonyl (C=O) groups excluding carboxylic acids is 2. The van der Waals surface area contributed by atoms with Crippen LogP contribution in [0.1, 0.15) is 36.5 Å². The van der Waals surface area contributed by atoms with Gasteiger partial charge in [-0.25, -0.2) is 4.90 Å². The third-order valence-corrected chi connectivity index (χ3v) is 6.41. The van der Waals surface area contributed by atoms with Gasteiger partial charge < -0.3 is 9.64 Å². The molecule has 5 nitrogen and oxygen atoms in total. The molecule has 0 atom stereocenters. The van der Waals surface area contributed by atoms with E-state index in [0.29, 0.717) is 40.7 Å². The predicted octanol–water partition coefficient (Wildman–Crippen LogP) is 5.17. The molecule has 0 saturated heterocycles. The second-order valence-corrected chi connectivity index (χ2v) is 8.65. The quantitative estimate of drug-likeness (QED) is 0.516. The molecular weight excluding hydrogens is 412 g/mol. The van der Waals surface area contributed by atoms with Crippen LogP contribution in [-0.2, 0) is 16.0 Å². The molecule has 0 saturated carbocycles. The number of nitrogens with zero attached hydrogens (tertiary/aromatic N) is 2. The number of rotatable bonds is 5. The Kier molecular flexibility index (Phi) is 5.25. The van der Waals surface area contributed by atoms with Crippen molar-refractivity contribution in [3.63, 3.8) is 0 Å². The number of anilines is 2.